The SMILES string of the molecule is CN=C(NCCc1ccc(C(=O)OC)cc1)NC1CCN(C(=O)C(C)C)C1. The molecule has 2 N–H and O–H groups in total. The lowest BCUT2D eigenvalue weighted by Crippen LogP contribution is -2.45. The summed E-state index contributed by atoms with van der Waals surface area (Å²) in [5.74, 6) is 0.653. The number of benzene rings is 1. The van der Waals surface area contributed by atoms with Crippen LogP contribution in [0.3, 0.4) is 0 Å². The van der Waals surface area contributed by atoms with E-state index in [4.69, 9.17) is 4.74 Å². The molecule has 0 spiro atoms. The molecule has 1 aromatic rings. The number of hydrogen-bond acceptors (Lipinski definition) is 4. The molecule has 7 nitrogen and oxygen atoms in total. The standard InChI is InChI=1S/C20H30N4O3/c1-14(2)18(25)24-12-10-17(13-24)23-20(21-3)22-11-9-15-5-7-16(8-6-15)19(26)27-4/h5-8,14,17H,9-13H2,1-4H3,(H2,21,22,23). The highest BCUT2D eigenvalue weighted by molar-refractivity contribution is 5.89. The molecule has 2 rings (SSSR count). The number of ether oxygens (including phenoxy) is 1. The summed E-state index contributed by atoms with van der Waals surface area (Å²) in [4.78, 5) is 29.7. The molecule has 0 aliphatic carbocycles. The van der Waals surface area contributed by atoms with Crippen LogP contribution >= 0.6 is 0 Å². The van der Waals surface area contributed by atoms with Crippen LogP contribution in [0, 0.1) is 5.92 Å². The minimum absolute atomic E-state index is 0.0340. The number of esters is 1. The van der Waals surface area contributed by atoms with Crippen LogP contribution in [-0.4, -0.2) is 62.6 Å². The number of likely N-dealkylation sites (tertiary alicyclic amines) is 1. The van der Waals surface area contributed by atoms with Gasteiger partial charge in [0.15, 0.2) is 5.96 Å². The molecular formula is C20H30N4O3. The maximum absolute atomic E-state index is 12.1. The van der Waals surface area contributed by atoms with Gasteiger partial charge in [-0.2, -0.15) is 0 Å². The number of hydrogen-bond donors (Lipinski definition) is 2. The summed E-state index contributed by atoms with van der Waals surface area (Å²) in [5, 5.41) is 6.70. The van der Waals surface area contributed by atoms with Gasteiger partial charge in [0.1, 0.15) is 0 Å². The van der Waals surface area contributed by atoms with E-state index in [1.54, 1.807) is 19.2 Å². The lowest BCUT2D eigenvalue weighted by molar-refractivity contribution is -0.133. The number of amides is 1. The van der Waals surface area contributed by atoms with Crippen LogP contribution in [0.25, 0.3) is 0 Å². The molecule has 1 fully saturated rings. The Bertz CT molecular complexity index is 670. The van der Waals surface area contributed by atoms with Crippen molar-refractivity contribution in [3.8, 4) is 0 Å². The molecule has 0 radical (unpaired) electrons. The molecule has 1 unspecified atom stereocenters. The fourth-order valence-corrected chi connectivity index (χ4v) is 3.08. The van der Waals surface area contributed by atoms with Crippen molar-refractivity contribution in [2.24, 2.45) is 10.9 Å². The minimum atomic E-state index is -0.328. The van der Waals surface area contributed by atoms with Crippen molar-refractivity contribution in [3.63, 3.8) is 0 Å². The summed E-state index contributed by atoms with van der Waals surface area (Å²) in [7, 11) is 3.12. The third kappa shape index (κ3) is 5.98. The first-order valence-electron chi connectivity index (χ1n) is 9.37. The number of nitrogens with zero attached hydrogens (tertiary/aromatic N) is 2. The van der Waals surface area contributed by atoms with Crippen LogP contribution < -0.4 is 10.6 Å². The minimum Gasteiger partial charge on any atom is -0.465 e. The molecule has 1 aromatic carbocycles. The Morgan fingerprint density at radius 1 is 1.30 bits per heavy atom. The molecule has 1 amide bonds. The molecule has 0 saturated carbocycles. The topological polar surface area (TPSA) is 83.0 Å². The Morgan fingerprint density at radius 2 is 2.00 bits per heavy atom. The zero-order valence-corrected chi connectivity index (χ0v) is 16.6. The van der Waals surface area contributed by atoms with Crippen LogP contribution in [0.15, 0.2) is 29.3 Å². The van der Waals surface area contributed by atoms with E-state index in [0.717, 1.165) is 37.5 Å². The van der Waals surface area contributed by atoms with Crippen LogP contribution in [0.2, 0.25) is 0 Å². The third-order valence-electron chi connectivity index (χ3n) is 4.64. The summed E-state index contributed by atoms with van der Waals surface area (Å²) < 4.78 is 4.70. The average Bonchev–Trinajstić information content (AvgIpc) is 3.14. The summed E-state index contributed by atoms with van der Waals surface area (Å²) in [6.07, 6.45) is 1.74. The van der Waals surface area contributed by atoms with Gasteiger partial charge in [0.2, 0.25) is 5.91 Å². The molecule has 1 heterocycles. The van der Waals surface area contributed by atoms with E-state index in [0.29, 0.717) is 12.1 Å². The predicted molar refractivity (Wildman–Crippen MR) is 106 cm³/mol. The van der Waals surface area contributed by atoms with Gasteiger partial charge in [-0.05, 0) is 30.5 Å². The highest BCUT2D eigenvalue weighted by Gasteiger charge is 2.27. The fourth-order valence-electron chi connectivity index (χ4n) is 3.08. The van der Waals surface area contributed by atoms with Crippen molar-refractivity contribution in [2.75, 3.05) is 33.8 Å². The van der Waals surface area contributed by atoms with Crippen molar-refractivity contribution in [3.05, 3.63) is 35.4 Å². The number of guanidine groups is 1. The van der Waals surface area contributed by atoms with Gasteiger partial charge in [0.05, 0.1) is 12.7 Å². The van der Waals surface area contributed by atoms with Crippen molar-refractivity contribution in [1.29, 1.82) is 0 Å². The molecule has 1 aliphatic rings. The first-order chi connectivity index (χ1) is 12.9. The normalized spacial score (nSPS) is 17.1. The Kier molecular flexibility index (Phi) is 7.64. The van der Waals surface area contributed by atoms with Gasteiger partial charge < -0.3 is 20.3 Å². The Labute approximate surface area is 161 Å². The molecule has 1 saturated heterocycles. The number of carbonyl (C=O) groups excluding carboxylic acids is 2. The zero-order chi connectivity index (χ0) is 19.8. The zero-order valence-electron chi connectivity index (χ0n) is 16.6. The molecule has 148 valence electrons. The summed E-state index contributed by atoms with van der Waals surface area (Å²) in [5.41, 5.74) is 1.67. The van der Waals surface area contributed by atoms with Gasteiger partial charge in [-0.25, -0.2) is 4.79 Å². The van der Waals surface area contributed by atoms with Crippen molar-refractivity contribution < 1.29 is 14.3 Å². The van der Waals surface area contributed by atoms with E-state index in [2.05, 4.69) is 15.6 Å². The molecule has 1 atom stereocenters. The smallest absolute Gasteiger partial charge is 0.337 e. The van der Waals surface area contributed by atoms with Gasteiger partial charge >= 0.3 is 5.97 Å². The average molecular weight is 374 g/mol. The number of aliphatic imine (C=N–C) groups is 1. The molecular weight excluding hydrogens is 344 g/mol. The van der Waals surface area contributed by atoms with E-state index in [1.165, 1.54) is 7.11 Å². The van der Waals surface area contributed by atoms with Crippen molar-refractivity contribution in [2.45, 2.75) is 32.7 Å². The number of methoxy groups -OCH3 is 1. The van der Waals surface area contributed by atoms with E-state index in [9.17, 15) is 9.59 Å². The second-order valence-electron chi connectivity index (χ2n) is 7.01. The van der Waals surface area contributed by atoms with E-state index >= 15 is 0 Å². The fraction of sp³-hybridized carbons (Fsp3) is 0.550. The number of carbonyl (C=O) groups is 2. The summed E-state index contributed by atoms with van der Waals surface area (Å²) >= 11 is 0. The second kappa shape index (κ2) is 9.94. The van der Waals surface area contributed by atoms with Gasteiger partial charge in [-0.1, -0.05) is 26.0 Å². The highest BCUT2D eigenvalue weighted by atomic mass is 16.5. The summed E-state index contributed by atoms with van der Waals surface area (Å²) in [6.45, 7) is 6.09. The molecule has 0 aromatic heterocycles. The predicted octanol–water partition coefficient (Wildman–Crippen LogP) is 1.44. The van der Waals surface area contributed by atoms with Crippen LogP contribution in [0.4, 0.5) is 0 Å². The summed E-state index contributed by atoms with van der Waals surface area (Å²) in [6, 6.07) is 7.62. The monoisotopic (exact) mass is 374 g/mol. The first kappa shape index (κ1) is 20.7. The van der Waals surface area contributed by atoms with Gasteiger partial charge in [0.25, 0.3) is 0 Å². The van der Waals surface area contributed by atoms with Crippen molar-refractivity contribution >= 4 is 17.8 Å². The number of rotatable bonds is 6. The lowest BCUT2D eigenvalue weighted by atomic mass is 10.1. The molecule has 27 heavy (non-hydrogen) atoms. The van der Waals surface area contributed by atoms with Crippen molar-refractivity contribution in [1.82, 2.24) is 15.5 Å². The Morgan fingerprint density at radius 3 is 2.59 bits per heavy atom. The first-order valence-corrected chi connectivity index (χ1v) is 9.37. The van der Waals surface area contributed by atoms with E-state index in [1.807, 2.05) is 30.9 Å². The van der Waals surface area contributed by atoms with Gasteiger partial charge in [-0.3, -0.25) is 9.79 Å². The molecule has 0 bridgehead atoms. The molecule has 7 heteroatoms. The molecule has 1 aliphatic heterocycles. The lowest BCUT2D eigenvalue weighted by Gasteiger charge is -2.20. The quantitative estimate of drug-likeness (QED) is 0.447. The largest absolute Gasteiger partial charge is 0.465 e. The Hall–Kier alpha value is -2.57. The maximum atomic E-state index is 12.1. The van der Waals surface area contributed by atoms with Crippen LogP contribution in [0.1, 0.15) is 36.2 Å². The van der Waals surface area contributed by atoms with E-state index in [-0.39, 0.29) is 23.8 Å². The Balaban J connectivity index is 1.76. The highest BCUT2D eigenvalue weighted by Crippen LogP contribution is 2.12. The second-order valence-corrected chi connectivity index (χ2v) is 7.01. The van der Waals surface area contributed by atoms with Gasteiger partial charge in [0, 0.05) is 38.6 Å². The van der Waals surface area contributed by atoms with Crippen LogP contribution in [0.5, 0.6) is 0 Å². The maximum Gasteiger partial charge on any atom is 0.337 e. The third-order valence-corrected chi connectivity index (χ3v) is 4.64. The van der Waals surface area contributed by atoms with Crippen LogP contribution in [-0.2, 0) is 16.0 Å². The van der Waals surface area contributed by atoms with Gasteiger partial charge in [-0.15, -0.1) is 0 Å². The van der Waals surface area contributed by atoms with E-state index < -0.39 is 0 Å². The number of nitrogens with one attached hydrogen (secondary N) is 2.